The maximum absolute atomic E-state index is 10.3. The van der Waals surface area contributed by atoms with Gasteiger partial charge in [0.05, 0.1) is 41.7 Å². The molecule has 3 aromatic rings. The molecule has 182 valence electrons. The number of benzene rings is 3. The Morgan fingerprint density at radius 3 is 1.79 bits per heavy atom. The quantitative estimate of drug-likeness (QED) is 0.413. The second-order valence-electron chi connectivity index (χ2n) is 7.29. The van der Waals surface area contributed by atoms with E-state index in [2.05, 4.69) is 0 Å². The molecule has 8 heteroatoms. The Bertz CT molecular complexity index is 1070. The molecule has 0 spiro atoms. The third-order valence-corrected chi connectivity index (χ3v) is 5.27. The van der Waals surface area contributed by atoms with Crippen LogP contribution in [0.3, 0.4) is 0 Å². The van der Waals surface area contributed by atoms with Crippen LogP contribution < -0.4 is 28.4 Å². The highest BCUT2D eigenvalue weighted by molar-refractivity contribution is 5.46. The summed E-state index contributed by atoms with van der Waals surface area (Å²) in [6, 6.07) is 17.6. The number of hydrogen-bond donors (Lipinski definition) is 2. The Morgan fingerprint density at radius 1 is 0.618 bits per heavy atom. The van der Waals surface area contributed by atoms with Gasteiger partial charge in [-0.1, -0.05) is 24.3 Å². The molecular weight excluding hydrogens is 440 g/mol. The third-order valence-electron chi connectivity index (χ3n) is 5.27. The summed E-state index contributed by atoms with van der Waals surface area (Å²) in [5, 5.41) is 19.8. The van der Waals surface area contributed by atoms with Crippen molar-refractivity contribution in [1.29, 1.82) is 0 Å². The van der Waals surface area contributed by atoms with E-state index in [0.29, 0.717) is 45.6 Å². The van der Waals surface area contributed by atoms with E-state index in [4.69, 9.17) is 28.4 Å². The standard InChI is InChI=1S/C26H30O8/c1-29-19-7-5-6-8-21(19)33-25(16-28)26(18-10-12-20(30-2)24(14-18)32-4)34-22-11-9-17(15-27)13-23(22)31-3/h5-14,25-28H,15-16H2,1-4H3/t25-,26-/m1/s1. The predicted octanol–water partition coefficient (Wildman–Crippen LogP) is 3.77. The second kappa shape index (κ2) is 12.0. The number of methoxy groups -OCH3 is 4. The van der Waals surface area contributed by atoms with Crippen molar-refractivity contribution in [1.82, 2.24) is 0 Å². The van der Waals surface area contributed by atoms with E-state index in [1.807, 2.05) is 18.2 Å². The van der Waals surface area contributed by atoms with Gasteiger partial charge in [0.2, 0.25) is 0 Å². The fourth-order valence-corrected chi connectivity index (χ4v) is 3.51. The summed E-state index contributed by atoms with van der Waals surface area (Å²) in [6.45, 7) is -0.486. The lowest BCUT2D eigenvalue weighted by Gasteiger charge is -2.29. The summed E-state index contributed by atoms with van der Waals surface area (Å²) in [5.74, 6) is 2.90. The average molecular weight is 471 g/mol. The average Bonchev–Trinajstić information content (AvgIpc) is 2.90. The van der Waals surface area contributed by atoms with E-state index < -0.39 is 12.2 Å². The SMILES string of the molecule is COc1ccc([C@@H](Oc2ccc(CO)cc2OC)[C@@H](CO)Oc2ccccc2OC)cc1OC. The van der Waals surface area contributed by atoms with Crippen LogP contribution in [-0.2, 0) is 6.61 Å². The van der Waals surface area contributed by atoms with Crippen LogP contribution in [0.2, 0.25) is 0 Å². The zero-order valence-electron chi connectivity index (χ0n) is 19.7. The van der Waals surface area contributed by atoms with E-state index in [-0.39, 0.29) is 13.2 Å². The molecule has 0 saturated heterocycles. The molecule has 0 aliphatic rings. The molecule has 3 rings (SSSR count). The summed E-state index contributed by atoms with van der Waals surface area (Å²) >= 11 is 0. The van der Waals surface area contributed by atoms with Gasteiger partial charge in [0.25, 0.3) is 0 Å². The van der Waals surface area contributed by atoms with Crippen LogP contribution in [-0.4, -0.2) is 51.4 Å². The Hall–Kier alpha value is -3.62. The molecule has 2 atom stereocenters. The molecular formula is C26H30O8. The first kappa shape index (κ1) is 25.0. The smallest absolute Gasteiger partial charge is 0.163 e. The van der Waals surface area contributed by atoms with Gasteiger partial charge in [-0.25, -0.2) is 0 Å². The van der Waals surface area contributed by atoms with Crippen LogP contribution in [0.15, 0.2) is 60.7 Å². The van der Waals surface area contributed by atoms with Gasteiger partial charge in [-0.05, 0) is 42.0 Å². The normalized spacial score (nSPS) is 12.4. The van der Waals surface area contributed by atoms with Crippen molar-refractivity contribution >= 4 is 0 Å². The molecule has 0 fully saturated rings. The highest BCUT2D eigenvalue weighted by Crippen LogP contribution is 2.38. The van der Waals surface area contributed by atoms with Crippen LogP contribution in [0.1, 0.15) is 17.2 Å². The first-order valence-corrected chi connectivity index (χ1v) is 10.6. The minimum absolute atomic E-state index is 0.133. The lowest BCUT2D eigenvalue weighted by molar-refractivity contribution is 0.0121. The van der Waals surface area contributed by atoms with Crippen LogP contribution in [0, 0.1) is 0 Å². The molecule has 0 bridgehead atoms. The zero-order chi connectivity index (χ0) is 24.5. The highest BCUT2D eigenvalue weighted by Gasteiger charge is 2.30. The van der Waals surface area contributed by atoms with Crippen LogP contribution in [0.25, 0.3) is 0 Å². The maximum atomic E-state index is 10.3. The molecule has 0 aromatic heterocycles. The van der Waals surface area contributed by atoms with E-state index in [1.165, 1.54) is 7.11 Å². The van der Waals surface area contributed by atoms with Gasteiger partial charge < -0.3 is 38.6 Å². The van der Waals surface area contributed by atoms with Gasteiger partial charge in [-0.2, -0.15) is 0 Å². The highest BCUT2D eigenvalue weighted by atomic mass is 16.6. The third kappa shape index (κ3) is 5.65. The number of aliphatic hydroxyl groups excluding tert-OH is 2. The summed E-state index contributed by atoms with van der Waals surface area (Å²) in [5.41, 5.74) is 1.36. The largest absolute Gasteiger partial charge is 0.493 e. The van der Waals surface area contributed by atoms with E-state index in [0.717, 1.165) is 0 Å². The molecule has 0 heterocycles. The molecule has 34 heavy (non-hydrogen) atoms. The lowest BCUT2D eigenvalue weighted by atomic mass is 10.0. The molecule has 0 unspecified atom stereocenters. The van der Waals surface area contributed by atoms with Gasteiger partial charge in [-0.15, -0.1) is 0 Å². The summed E-state index contributed by atoms with van der Waals surface area (Å²) < 4.78 is 34.2. The Kier molecular flexibility index (Phi) is 8.84. The van der Waals surface area contributed by atoms with Gasteiger partial charge in [0, 0.05) is 5.56 Å². The number of rotatable bonds is 12. The van der Waals surface area contributed by atoms with Gasteiger partial charge in [0.15, 0.2) is 46.7 Å². The van der Waals surface area contributed by atoms with Crippen LogP contribution >= 0.6 is 0 Å². The van der Waals surface area contributed by atoms with Gasteiger partial charge >= 0.3 is 0 Å². The van der Waals surface area contributed by atoms with E-state index in [9.17, 15) is 10.2 Å². The van der Waals surface area contributed by atoms with Crippen LogP contribution in [0.4, 0.5) is 0 Å². The number of ether oxygens (including phenoxy) is 6. The summed E-state index contributed by atoms with van der Waals surface area (Å²) in [4.78, 5) is 0. The first-order valence-electron chi connectivity index (χ1n) is 10.6. The fourth-order valence-electron chi connectivity index (χ4n) is 3.51. The molecule has 2 N–H and O–H groups in total. The van der Waals surface area contributed by atoms with Crippen molar-refractivity contribution in [2.75, 3.05) is 35.0 Å². The minimum Gasteiger partial charge on any atom is -0.493 e. The monoisotopic (exact) mass is 470 g/mol. The molecule has 0 aliphatic carbocycles. The molecule has 8 nitrogen and oxygen atoms in total. The van der Waals surface area contributed by atoms with Crippen molar-refractivity contribution < 1.29 is 38.6 Å². The molecule has 0 amide bonds. The summed E-state index contributed by atoms with van der Waals surface area (Å²) in [7, 11) is 6.17. The van der Waals surface area contributed by atoms with Crippen LogP contribution in [0.5, 0.6) is 34.5 Å². The molecule has 3 aromatic carbocycles. The van der Waals surface area contributed by atoms with Crippen molar-refractivity contribution in [2.24, 2.45) is 0 Å². The Labute approximate surface area is 199 Å². The minimum atomic E-state index is -0.823. The predicted molar refractivity (Wildman–Crippen MR) is 126 cm³/mol. The van der Waals surface area contributed by atoms with Crippen molar-refractivity contribution in [3.63, 3.8) is 0 Å². The lowest BCUT2D eigenvalue weighted by Crippen LogP contribution is -2.33. The first-order chi connectivity index (χ1) is 16.6. The number of aliphatic hydroxyl groups is 2. The number of hydrogen-bond acceptors (Lipinski definition) is 8. The Morgan fingerprint density at radius 2 is 1.18 bits per heavy atom. The van der Waals surface area contributed by atoms with Gasteiger partial charge in [0.1, 0.15) is 0 Å². The maximum Gasteiger partial charge on any atom is 0.163 e. The second-order valence-corrected chi connectivity index (χ2v) is 7.29. The van der Waals surface area contributed by atoms with Crippen molar-refractivity contribution in [2.45, 2.75) is 18.8 Å². The fraction of sp³-hybridized carbons (Fsp3) is 0.308. The van der Waals surface area contributed by atoms with Crippen molar-refractivity contribution in [3.05, 3.63) is 71.8 Å². The number of para-hydroxylation sites is 2. The topological polar surface area (TPSA) is 95.8 Å². The molecule has 0 aliphatic heterocycles. The molecule has 0 radical (unpaired) electrons. The van der Waals surface area contributed by atoms with Crippen molar-refractivity contribution in [3.8, 4) is 34.5 Å². The van der Waals surface area contributed by atoms with E-state index >= 15 is 0 Å². The Balaban J connectivity index is 2.05. The molecule has 0 saturated carbocycles. The van der Waals surface area contributed by atoms with Gasteiger partial charge in [-0.3, -0.25) is 0 Å². The summed E-state index contributed by atoms with van der Waals surface area (Å²) in [6.07, 6.45) is -1.60. The zero-order valence-corrected chi connectivity index (χ0v) is 19.7. The van der Waals surface area contributed by atoms with E-state index in [1.54, 1.807) is 63.8 Å².